The number of fused-ring (bicyclic) bond motifs is 1. The molecule has 3 rings (SSSR count). The lowest BCUT2D eigenvalue weighted by molar-refractivity contribution is 0.0877. The van der Waals surface area contributed by atoms with E-state index in [1.165, 1.54) is 0 Å². The van der Waals surface area contributed by atoms with Crippen LogP contribution in [0.3, 0.4) is 0 Å². The molecule has 1 atom stereocenters. The molecule has 21 heavy (non-hydrogen) atoms. The van der Waals surface area contributed by atoms with Gasteiger partial charge in [-0.15, -0.1) is 0 Å². The van der Waals surface area contributed by atoms with Crippen LogP contribution >= 0.6 is 0 Å². The number of amides is 1. The van der Waals surface area contributed by atoms with Crippen LogP contribution in [0, 0.1) is 0 Å². The fourth-order valence-corrected chi connectivity index (χ4v) is 2.82. The van der Waals surface area contributed by atoms with Crippen LogP contribution < -0.4 is 5.32 Å². The fraction of sp³-hybridized carbons (Fsp3) is 0.438. The van der Waals surface area contributed by atoms with E-state index in [0.717, 1.165) is 30.5 Å². The Hall–Kier alpha value is -1.85. The third-order valence-corrected chi connectivity index (χ3v) is 4.25. The van der Waals surface area contributed by atoms with Gasteiger partial charge in [-0.1, -0.05) is 18.2 Å². The Morgan fingerprint density at radius 2 is 2.14 bits per heavy atom. The van der Waals surface area contributed by atoms with E-state index in [-0.39, 0.29) is 5.91 Å². The number of hydrogen-bond donors (Lipinski definition) is 2. The largest absolute Gasteiger partial charge is 0.351 e. The summed E-state index contributed by atoms with van der Waals surface area (Å²) in [6.45, 7) is 3.80. The topological polar surface area (TPSA) is 51.4 Å². The van der Waals surface area contributed by atoms with Gasteiger partial charge in [0.2, 0.25) is 0 Å². The van der Waals surface area contributed by atoms with Gasteiger partial charge in [0.05, 0.1) is 0 Å². The molecule has 1 aliphatic heterocycles. The summed E-state index contributed by atoms with van der Waals surface area (Å²) in [5.74, 6) is -0.0344. The third-order valence-electron chi connectivity index (χ3n) is 4.25. The summed E-state index contributed by atoms with van der Waals surface area (Å²) in [6.07, 6.45) is 0. The fourth-order valence-electron chi connectivity index (χ4n) is 2.82. The smallest absolute Gasteiger partial charge is 0.267 e. The molecule has 2 heterocycles. The molecular formula is C16H22N4O. The Balaban J connectivity index is 1.63. The zero-order valence-corrected chi connectivity index (χ0v) is 12.6. The van der Waals surface area contributed by atoms with Gasteiger partial charge in [0.25, 0.3) is 5.91 Å². The number of nitrogens with one attached hydrogen (secondary N) is 2. The Morgan fingerprint density at radius 3 is 2.95 bits per heavy atom. The average molecular weight is 286 g/mol. The highest BCUT2D eigenvalue weighted by molar-refractivity contribution is 5.97. The Bertz CT molecular complexity index is 603. The summed E-state index contributed by atoms with van der Waals surface area (Å²) in [7, 11) is 4.24. The van der Waals surface area contributed by atoms with Crippen molar-refractivity contribution in [1.82, 2.24) is 20.1 Å². The number of likely N-dealkylation sites (N-methyl/N-ethyl adjacent to an activating group) is 2. The lowest BCUT2D eigenvalue weighted by atomic mass is 10.2. The summed E-state index contributed by atoms with van der Waals surface area (Å²) in [5, 5.41) is 4.11. The first-order valence-corrected chi connectivity index (χ1v) is 7.38. The van der Waals surface area contributed by atoms with Gasteiger partial charge in [-0.05, 0) is 26.2 Å². The van der Waals surface area contributed by atoms with Crippen molar-refractivity contribution < 1.29 is 4.79 Å². The van der Waals surface area contributed by atoms with Crippen molar-refractivity contribution in [3.8, 4) is 0 Å². The van der Waals surface area contributed by atoms with E-state index in [9.17, 15) is 4.79 Å². The second-order valence-electron chi connectivity index (χ2n) is 5.88. The lowest BCUT2D eigenvalue weighted by Gasteiger charge is -2.37. The van der Waals surface area contributed by atoms with E-state index >= 15 is 0 Å². The highest BCUT2D eigenvalue weighted by atomic mass is 16.1. The second-order valence-corrected chi connectivity index (χ2v) is 5.88. The van der Waals surface area contributed by atoms with Gasteiger partial charge < -0.3 is 15.2 Å². The molecule has 2 N–H and O–H groups in total. The van der Waals surface area contributed by atoms with Crippen LogP contribution in [0.5, 0.6) is 0 Å². The van der Waals surface area contributed by atoms with Crippen LogP contribution in [0.25, 0.3) is 10.9 Å². The van der Waals surface area contributed by atoms with E-state index in [1.54, 1.807) is 0 Å². The Morgan fingerprint density at radius 1 is 1.33 bits per heavy atom. The maximum Gasteiger partial charge on any atom is 0.267 e. The van der Waals surface area contributed by atoms with E-state index in [0.29, 0.717) is 18.3 Å². The van der Waals surface area contributed by atoms with Crippen LogP contribution in [0.15, 0.2) is 30.3 Å². The van der Waals surface area contributed by atoms with Gasteiger partial charge in [0.1, 0.15) is 5.69 Å². The van der Waals surface area contributed by atoms with Gasteiger partial charge in [-0.3, -0.25) is 9.69 Å². The van der Waals surface area contributed by atoms with Crippen molar-refractivity contribution in [2.45, 2.75) is 6.04 Å². The Labute approximate surface area is 124 Å². The summed E-state index contributed by atoms with van der Waals surface area (Å²) in [6, 6.07) is 10.2. The SMILES string of the molecule is CN1CCN(C)C(CNC(=O)c2cc3ccccc3[nH]2)C1. The molecule has 5 heteroatoms. The summed E-state index contributed by atoms with van der Waals surface area (Å²) in [5.41, 5.74) is 1.63. The molecule has 1 unspecified atom stereocenters. The van der Waals surface area contributed by atoms with Crippen molar-refractivity contribution in [3.05, 3.63) is 36.0 Å². The van der Waals surface area contributed by atoms with Gasteiger partial charge in [-0.2, -0.15) is 0 Å². The van der Waals surface area contributed by atoms with Crippen molar-refractivity contribution in [2.24, 2.45) is 0 Å². The molecular weight excluding hydrogens is 264 g/mol. The van der Waals surface area contributed by atoms with E-state index in [1.807, 2.05) is 30.3 Å². The molecule has 112 valence electrons. The van der Waals surface area contributed by atoms with Crippen molar-refractivity contribution in [1.29, 1.82) is 0 Å². The minimum absolute atomic E-state index is 0.0344. The standard InChI is InChI=1S/C16H22N4O/c1-19-7-8-20(2)13(11-19)10-17-16(21)15-9-12-5-3-4-6-14(12)18-15/h3-6,9,13,18H,7-8,10-11H2,1-2H3,(H,17,21). The van der Waals surface area contributed by atoms with E-state index in [2.05, 4.69) is 34.2 Å². The molecule has 5 nitrogen and oxygen atoms in total. The van der Waals surface area contributed by atoms with Crippen molar-refractivity contribution in [2.75, 3.05) is 40.3 Å². The van der Waals surface area contributed by atoms with E-state index < -0.39 is 0 Å². The molecule has 1 aromatic heterocycles. The number of H-pyrrole nitrogens is 1. The molecule has 0 saturated carbocycles. The number of para-hydroxylation sites is 1. The number of piperazine rings is 1. The molecule has 1 aromatic carbocycles. The third kappa shape index (κ3) is 3.09. The predicted octanol–water partition coefficient (Wildman–Crippen LogP) is 1.14. The van der Waals surface area contributed by atoms with Crippen LogP contribution in [-0.2, 0) is 0 Å². The number of rotatable bonds is 3. The molecule has 1 aliphatic rings. The molecule has 0 bridgehead atoms. The number of aromatic amines is 1. The quantitative estimate of drug-likeness (QED) is 0.890. The normalized spacial score (nSPS) is 20.8. The zero-order chi connectivity index (χ0) is 14.8. The highest BCUT2D eigenvalue weighted by Gasteiger charge is 2.22. The monoisotopic (exact) mass is 286 g/mol. The number of hydrogen-bond acceptors (Lipinski definition) is 3. The summed E-state index contributed by atoms with van der Waals surface area (Å²) < 4.78 is 0. The number of aromatic nitrogens is 1. The van der Waals surface area contributed by atoms with Crippen molar-refractivity contribution in [3.63, 3.8) is 0 Å². The minimum atomic E-state index is -0.0344. The maximum atomic E-state index is 12.3. The highest BCUT2D eigenvalue weighted by Crippen LogP contribution is 2.14. The maximum absolute atomic E-state index is 12.3. The number of carbonyl (C=O) groups excluding carboxylic acids is 1. The molecule has 0 radical (unpaired) electrons. The van der Waals surface area contributed by atoms with Gasteiger partial charge in [0, 0.05) is 43.1 Å². The van der Waals surface area contributed by atoms with Gasteiger partial charge in [-0.25, -0.2) is 0 Å². The van der Waals surface area contributed by atoms with Crippen LogP contribution in [-0.4, -0.2) is 67.0 Å². The first-order valence-electron chi connectivity index (χ1n) is 7.38. The van der Waals surface area contributed by atoms with Gasteiger partial charge >= 0.3 is 0 Å². The summed E-state index contributed by atoms with van der Waals surface area (Å²) >= 11 is 0. The minimum Gasteiger partial charge on any atom is -0.351 e. The molecule has 2 aromatic rings. The number of nitrogens with zero attached hydrogens (tertiary/aromatic N) is 2. The first-order chi connectivity index (χ1) is 10.1. The second kappa shape index (κ2) is 5.87. The van der Waals surface area contributed by atoms with Crippen LogP contribution in [0.2, 0.25) is 0 Å². The summed E-state index contributed by atoms with van der Waals surface area (Å²) in [4.78, 5) is 20.1. The first kappa shape index (κ1) is 14.1. The molecule has 1 amide bonds. The molecule has 1 saturated heterocycles. The predicted molar refractivity (Wildman–Crippen MR) is 84.5 cm³/mol. The average Bonchev–Trinajstić information content (AvgIpc) is 2.92. The number of carbonyl (C=O) groups is 1. The number of benzene rings is 1. The lowest BCUT2D eigenvalue weighted by Crippen LogP contribution is -2.54. The van der Waals surface area contributed by atoms with Crippen LogP contribution in [0.4, 0.5) is 0 Å². The zero-order valence-electron chi connectivity index (χ0n) is 12.6. The van der Waals surface area contributed by atoms with Gasteiger partial charge in [0.15, 0.2) is 0 Å². The van der Waals surface area contributed by atoms with Crippen molar-refractivity contribution >= 4 is 16.8 Å². The molecule has 1 fully saturated rings. The van der Waals surface area contributed by atoms with E-state index in [4.69, 9.17) is 0 Å². The molecule has 0 aliphatic carbocycles. The Kier molecular flexibility index (Phi) is 3.94. The molecule has 0 spiro atoms. The van der Waals surface area contributed by atoms with Crippen LogP contribution in [0.1, 0.15) is 10.5 Å².